The lowest BCUT2D eigenvalue weighted by Gasteiger charge is -2.41. The summed E-state index contributed by atoms with van der Waals surface area (Å²) >= 11 is 0. The normalized spacial score (nSPS) is 18.5. The van der Waals surface area contributed by atoms with Crippen LogP contribution >= 0.6 is 0 Å². The molecule has 242 valence electrons. The molecule has 1 saturated heterocycles. The number of likely N-dealkylation sites (tertiary alicyclic amines) is 1. The number of esters is 1. The quantitative estimate of drug-likeness (QED) is 0.107. The number of carbonyl (C=O) groups excluding carboxylic acids is 2. The summed E-state index contributed by atoms with van der Waals surface area (Å²) in [5.74, 6) is -2.20. The van der Waals surface area contributed by atoms with Gasteiger partial charge < -0.3 is 14.1 Å². The fourth-order valence-corrected chi connectivity index (χ4v) is 8.85. The zero-order valence-electron chi connectivity index (χ0n) is 26.7. The van der Waals surface area contributed by atoms with Crippen molar-refractivity contribution >= 4 is 46.5 Å². The molecule has 45 heavy (non-hydrogen) atoms. The van der Waals surface area contributed by atoms with Crippen LogP contribution in [0.1, 0.15) is 39.2 Å². The lowest BCUT2D eigenvalue weighted by Crippen LogP contribution is -2.57. The lowest BCUT2D eigenvalue weighted by atomic mass is 9.91. The molecule has 0 aliphatic carbocycles. The van der Waals surface area contributed by atoms with Crippen LogP contribution in [-0.2, 0) is 35.0 Å². The topological polar surface area (TPSA) is 133 Å². The van der Waals surface area contributed by atoms with E-state index in [1.165, 1.54) is 30.2 Å². The van der Waals surface area contributed by atoms with Gasteiger partial charge in [-0.3, -0.25) is 14.9 Å². The molecule has 3 atom stereocenters. The second-order valence-corrected chi connectivity index (χ2v) is 20.0. The number of nitrogens with zero attached hydrogens (tertiary/aromatic N) is 2. The van der Waals surface area contributed by atoms with Crippen LogP contribution in [0.5, 0.6) is 0 Å². The highest BCUT2D eigenvalue weighted by Gasteiger charge is 2.48. The average Bonchev–Trinajstić information content (AvgIpc) is 2.99. The highest BCUT2D eigenvalue weighted by molar-refractivity contribution is 7.92. The lowest BCUT2D eigenvalue weighted by molar-refractivity contribution is -0.387. The van der Waals surface area contributed by atoms with Crippen LogP contribution in [0.25, 0.3) is 10.8 Å². The molecule has 3 unspecified atom stereocenters. The summed E-state index contributed by atoms with van der Waals surface area (Å²) in [6, 6.07) is 17.9. The molecule has 3 aromatic rings. The first kappa shape index (κ1) is 34.3. The number of ether oxygens (including phenoxy) is 1. The Morgan fingerprint density at radius 2 is 1.71 bits per heavy atom. The van der Waals surface area contributed by atoms with Gasteiger partial charge in [-0.15, -0.1) is 0 Å². The van der Waals surface area contributed by atoms with E-state index in [0.29, 0.717) is 0 Å². The highest BCUT2D eigenvalue weighted by atomic mass is 32.2. The van der Waals surface area contributed by atoms with Gasteiger partial charge in [-0.1, -0.05) is 75.4 Å². The first-order chi connectivity index (χ1) is 21.1. The minimum atomic E-state index is -4.32. The van der Waals surface area contributed by atoms with Gasteiger partial charge >= 0.3 is 5.97 Å². The number of rotatable bonds is 11. The number of sulfone groups is 1. The molecule has 1 aliphatic rings. The molecule has 1 heterocycles. The number of fused-ring (bicyclic) bond motifs is 1. The Balaban J connectivity index is 1.70. The number of piperidine rings is 1. The smallest absolute Gasteiger partial charge is 0.328 e. The van der Waals surface area contributed by atoms with Crippen molar-refractivity contribution in [2.24, 2.45) is 5.92 Å². The van der Waals surface area contributed by atoms with Crippen LogP contribution in [0.3, 0.4) is 0 Å². The van der Waals surface area contributed by atoms with E-state index >= 15 is 0 Å². The number of carbonyl (C=O) groups is 2. The first-order valence-electron chi connectivity index (χ1n) is 15.1. The van der Waals surface area contributed by atoms with Crippen LogP contribution < -0.4 is 0 Å². The molecule has 1 aliphatic heterocycles. The first-order valence-corrected chi connectivity index (χ1v) is 19.5. The van der Waals surface area contributed by atoms with Gasteiger partial charge in [-0.25, -0.2) is 13.2 Å². The number of hydrogen-bond donors (Lipinski definition) is 0. The van der Waals surface area contributed by atoms with Crippen molar-refractivity contribution in [3.63, 3.8) is 0 Å². The standard InChI is InChI=1S/C33H42N2O8SSi/c1-33(2,3)45(5,6)43-20-18-26-29(44(40,41)30-14-10-9-13-27(30)35(38)39)17-19-34(31(26)36)28(32(37)42-4)22-23-15-16-24-11-7-8-12-25(24)21-23/h7-16,21,26,28-29H,17-20,22H2,1-6H3. The van der Waals surface area contributed by atoms with E-state index in [2.05, 4.69) is 33.9 Å². The predicted molar refractivity (Wildman–Crippen MR) is 175 cm³/mol. The number of benzene rings is 3. The summed E-state index contributed by atoms with van der Waals surface area (Å²) in [4.78, 5) is 39.6. The zero-order chi connectivity index (χ0) is 33.2. The van der Waals surface area contributed by atoms with Crippen molar-refractivity contribution in [2.75, 3.05) is 20.3 Å². The van der Waals surface area contributed by atoms with Gasteiger partial charge in [0.05, 0.1) is 23.2 Å². The van der Waals surface area contributed by atoms with Gasteiger partial charge in [0.25, 0.3) is 5.69 Å². The van der Waals surface area contributed by atoms with Crippen molar-refractivity contribution in [1.29, 1.82) is 0 Å². The van der Waals surface area contributed by atoms with Crippen molar-refractivity contribution < 1.29 is 32.1 Å². The van der Waals surface area contributed by atoms with Gasteiger partial charge in [0.15, 0.2) is 18.2 Å². The van der Waals surface area contributed by atoms with E-state index < -0.39 is 62.7 Å². The molecule has 0 spiro atoms. The van der Waals surface area contributed by atoms with Crippen molar-refractivity contribution in [2.45, 2.75) is 74.4 Å². The Morgan fingerprint density at radius 3 is 2.36 bits per heavy atom. The molecule has 0 bridgehead atoms. The second-order valence-electron chi connectivity index (χ2n) is 13.1. The minimum Gasteiger partial charge on any atom is -0.467 e. The van der Waals surface area contributed by atoms with Gasteiger partial charge in [-0.05, 0) is 53.4 Å². The van der Waals surface area contributed by atoms with Crippen LogP contribution in [-0.4, -0.2) is 70.0 Å². The molecular formula is C33H42N2O8SSi. The number of hydrogen-bond acceptors (Lipinski definition) is 8. The number of methoxy groups -OCH3 is 1. The fraction of sp³-hybridized carbons (Fsp3) is 0.455. The van der Waals surface area contributed by atoms with E-state index in [9.17, 15) is 28.1 Å². The number of nitro benzene ring substituents is 1. The van der Waals surface area contributed by atoms with Gasteiger partial charge in [0, 0.05) is 25.6 Å². The van der Waals surface area contributed by atoms with Crippen molar-refractivity contribution in [3.8, 4) is 0 Å². The molecule has 1 fully saturated rings. The Hall–Kier alpha value is -3.61. The molecule has 3 aromatic carbocycles. The molecule has 12 heteroatoms. The predicted octanol–water partition coefficient (Wildman–Crippen LogP) is 5.94. The maximum atomic E-state index is 14.3. The maximum Gasteiger partial charge on any atom is 0.328 e. The Labute approximate surface area is 265 Å². The fourth-order valence-electron chi connectivity index (χ4n) is 5.65. The summed E-state index contributed by atoms with van der Waals surface area (Å²) in [7, 11) is -5.30. The summed E-state index contributed by atoms with van der Waals surface area (Å²) in [5, 5.41) is 12.5. The molecular weight excluding hydrogens is 613 g/mol. The van der Waals surface area contributed by atoms with E-state index in [-0.39, 0.29) is 37.5 Å². The molecule has 0 radical (unpaired) electrons. The van der Waals surface area contributed by atoms with Crippen molar-refractivity contribution in [1.82, 2.24) is 4.90 Å². The second kappa shape index (κ2) is 13.4. The molecule has 10 nitrogen and oxygen atoms in total. The van der Waals surface area contributed by atoms with E-state index in [1.54, 1.807) is 0 Å². The SMILES string of the molecule is COC(=O)C(Cc1ccc2ccccc2c1)N1CCC(S(=O)(=O)c2ccccc2[N+](=O)[O-])C(CCO[Si](C)(C)C(C)(C)C)C1=O. The zero-order valence-corrected chi connectivity index (χ0v) is 28.5. The summed E-state index contributed by atoms with van der Waals surface area (Å²) in [6.07, 6.45) is 0.254. The molecule has 0 saturated carbocycles. The molecule has 4 rings (SSSR count). The van der Waals surface area contributed by atoms with Crippen molar-refractivity contribution in [3.05, 3.63) is 82.4 Å². The Bertz CT molecular complexity index is 1690. The van der Waals surface area contributed by atoms with Crippen LogP contribution in [0.15, 0.2) is 71.6 Å². The number of amides is 1. The third-order valence-electron chi connectivity index (χ3n) is 9.26. The molecule has 1 amide bonds. The monoisotopic (exact) mass is 654 g/mol. The van der Waals surface area contributed by atoms with Crippen LogP contribution in [0.2, 0.25) is 18.1 Å². The Morgan fingerprint density at radius 1 is 1.07 bits per heavy atom. The Kier molecular flexibility index (Phi) is 10.2. The van der Waals surface area contributed by atoms with Gasteiger partial charge in [0.1, 0.15) is 10.9 Å². The largest absolute Gasteiger partial charge is 0.467 e. The van der Waals surface area contributed by atoms with Gasteiger partial charge in [0.2, 0.25) is 5.91 Å². The average molecular weight is 655 g/mol. The highest BCUT2D eigenvalue weighted by Crippen LogP contribution is 2.39. The number of nitro groups is 1. The minimum absolute atomic E-state index is 0.00387. The molecule has 0 aromatic heterocycles. The third kappa shape index (κ3) is 7.28. The van der Waals surface area contributed by atoms with Gasteiger partial charge in [-0.2, -0.15) is 0 Å². The summed E-state index contributed by atoms with van der Waals surface area (Å²) in [6.45, 7) is 10.5. The molecule has 0 N–H and O–H groups in total. The van der Waals surface area contributed by atoms with E-state index in [0.717, 1.165) is 22.4 Å². The van der Waals surface area contributed by atoms with Crippen LogP contribution in [0, 0.1) is 16.0 Å². The van der Waals surface area contributed by atoms with E-state index in [1.807, 2.05) is 42.5 Å². The van der Waals surface area contributed by atoms with Crippen LogP contribution in [0.4, 0.5) is 5.69 Å². The summed E-state index contributed by atoms with van der Waals surface area (Å²) in [5.41, 5.74) is 0.289. The van der Waals surface area contributed by atoms with E-state index in [4.69, 9.17) is 9.16 Å². The number of para-hydroxylation sites is 1. The third-order valence-corrected chi connectivity index (χ3v) is 16.1. The summed E-state index contributed by atoms with van der Waals surface area (Å²) < 4.78 is 39.6. The maximum absolute atomic E-state index is 14.3.